The number of hydrogen-bond donors (Lipinski definition) is 2. The van der Waals surface area contributed by atoms with Crippen molar-refractivity contribution < 1.29 is 13.9 Å². The first-order valence-corrected chi connectivity index (χ1v) is 11.8. The average molecular weight is 474 g/mol. The van der Waals surface area contributed by atoms with Crippen molar-refractivity contribution in [3.8, 4) is 16.9 Å². The summed E-state index contributed by atoms with van der Waals surface area (Å²) in [6.07, 6.45) is 5.05. The van der Waals surface area contributed by atoms with Gasteiger partial charge in [-0.1, -0.05) is 12.1 Å². The largest absolute Gasteiger partial charge is 0.493 e. The number of benzene rings is 2. The van der Waals surface area contributed by atoms with Gasteiger partial charge in [0.25, 0.3) is 5.91 Å². The van der Waals surface area contributed by atoms with Crippen LogP contribution in [0.1, 0.15) is 41.4 Å². The van der Waals surface area contributed by atoms with Gasteiger partial charge in [-0.15, -0.1) is 0 Å². The highest BCUT2D eigenvalue weighted by Crippen LogP contribution is 2.34. The van der Waals surface area contributed by atoms with Gasteiger partial charge in [0.2, 0.25) is 0 Å². The Morgan fingerprint density at radius 2 is 2.06 bits per heavy atom. The first kappa shape index (κ1) is 23.0. The van der Waals surface area contributed by atoms with Crippen molar-refractivity contribution in [2.45, 2.75) is 45.3 Å². The lowest BCUT2D eigenvalue weighted by Gasteiger charge is -2.41. The lowest BCUT2D eigenvalue weighted by molar-refractivity contribution is 0.0524. The molecule has 0 atom stereocenters. The molecule has 180 valence electrons. The molecule has 1 saturated carbocycles. The fourth-order valence-corrected chi connectivity index (χ4v) is 4.66. The number of ether oxygens (including phenoxy) is 1. The van der Waals surface area contributed by atoms with Crippen LogP contribution in [0.5, 0.6) is 5.75 Å². The summed E-state index contributed by atoms with van der Waals surface area (Å²) >= 11 is 0. The van der Waals surface area contributed by atoms with Crippen molar-refractivity contribution in [2.24, 2.45) is 5.73 Å². The Labute approximate surface area is 203 Å². The lowest BCUT2D eigenvalue weighted by Crippen LogP contribution is -2.52. The van der Waals surface area contributed by atoms with Gasteiger partial charge in [-0.3, -0.25) is 14.9 Å². The maximum atomic E-state index is 13.8. The maximum absolute atomic E-state index is 13.8. The number of nitrogens with two attached hydrogens (primary N) is 1. The van der Waals surface area contributed by atoms with E-state index in [0.29, 0.717) is 30.0 Å². The highest BCUT2D eigenvalue weighted by molar-refractivity contribution is 5.96. The Balaban J connectivity index is 1.50. The molecule has 1 fully saturated rings. The minimum atomic E-state index is -0.325. The number of rotatable bonds is 7. The van der Waals surface area contributed by atoms with Crippen LogP contribution in [0.25, 0.3) is 22.0 Å². The van der Waals surface area contributed by atoms with Crippen LogP contribution in [0.3, 0.4) is 0 Å². The van der Waals surface area contributed by atoms with Gasteiger partial charge in [-0.2, -0.15) is 5.10 Å². The molecule has 0 bridgehead atoms. The third kappa shape index (κ3) is 4.49. The van der Waals surface area contributed by atoms with E-state index in [1.807, 2.05) is 30.9 Å². The van der Waals surface area contributed by atoms with Gasteiger partial charge >= 0.3 is 0 Å². The molecule has 3 N–H and O–H groups in total. The molecule has 5 rings (SSSR count). The summed E-state index contributed by atoms with van der Waals surface area (Å²) in [5, 5.41) is 8.16. The second-order valence-corrected chi connectivity index (χ2v) is 9.00. The Bertz CT molecular complexity index is 1380. The topological polar surface area (TPSA) is 97.1 Å². The highest BCUT2D eigenvalue weighted by atomic mass is 19.1. The van der Waals surface area contributed by atoms with Gasteiger partial charge in [0.05, 0.1) is 18.3 Å². The van der Waals surface area contributed by atoms with Crippen molar-refractivity contribution in [2.75, 3.05) is 6.61 Å². The molecule has 0 aliphatic heterocycles. The number of nitrogens with zero attached hydrogens (tertiary/aromatic N) is 3. The zero-order valence-corrected chi connectivity index (χ0v) is 19.8. The average Bonchev–Trinajstić information content (AvgIpc) is 3.33. The standard InChI is InChI=1S/C27H28FN5O2/c1-3-35-25-10-18(7-8-23(25)17-5-4-6-20(28)9-17)27(34)33(22-11-21(29)12-22)15-19-13-30-16(2)24-14-31-32-26(19)24/h4-10,13-14,21-22H,3,11-12,15,29H2,1-2H3,(H,31,32). The fraction of sp³-hybridized carbons (Fsp3) is 0.296. The smallest absolute Gasteiger partial charge is 0.254 e. The summed E-state index contributed by atoms with van der Waals surface area (Å²) in [5.74, 6) is 0.110. The molecule has 8 heteroatoms. The van der Waals surface area contributed by atoms with Crippen LogP contribution >= 0.6 is 0 Å². The molecule has 2 heterocycles. The lowest BCUT2D eigenvalue weighted by atomic mass is 9.85. The van der Waals surface area contributed by atoms with Crippen LogP contribution < -0.4 is 10.5 Å². The number of pyridine rings is 1. The molecule has 1 aliphatic carbocycles. The molecule has 0 radical (unpaired) electrons. The summed E-state index contributed by atoms with van der Waals surface area (Å²) in [5.41, 5.74) is 10.7. The summed E-state index contributed by atoms with van der Waals surface area (Å²) in [7, 11) is 0. The molecular weight excluding hydrogens is 445 g/mol. The van der Waals surface area contributed by atoms with E-state index >= 15 is 0 Å². The molecule has 2 aromatic heterocycles. The SMILES string of the molecule is CCOc1cc(C(=O)N(Cc2cnc(C)c3cn[nH]c23)C2CC(N)C2)ccc1-c1cccc(F)c1. The number of H-pyrrole nitrogens is 1. The first-order chi connectivity index (χ1) is 16.9. The highest BCUT2D eigenvalue weighted by Gasteiger charge is 2.35. The Kier molecular flexibility index (Phi) is 6.21. The van der Waals surface area contributed by atoms with E-state index in [2.05, 4.69) is 15.2 Å². The predicted octanol–water partition coefficient (Wildman–Crippen LogP) is 4.60. The predicted molar refractivity (Wildman–Crippen MR) is 133 cm³/mol. The van der Waals surface area contributed by atoms with Crippen LogP contribution in [0.2, 0.25) is 0 Å². The van der Waals surface area contributed by atoms with Gasteiger partial charge in [0, 0.05) is 52.6 Å². The molecule has 0 spiro atoms. The second-order valence-electron chi connectivity index (χ2n) is 9.00. The minimum Gasteiger partial charge on any atom is -0.493 e. The van der Waals surface area contributed by atoms with Crippen molar-refractivity contribution in [1.82, 2.24) is 20.1 Å². The Morgan fingerprint density at radius 1 is 1.23 bits per heavy atom. The quantitative estimate of drug-likeness (QED) is 0.409. The molecule has 7 nitrogen and oxygen atoms in total. The number of aryl methyl sites for hydroxylation is 1. The van der Waals surface area contributed by atoms with Crippen LogP contribution in [0.4, 0.5) is 4.39 Å². The number of nitrogens with one attached hydrogen (secondary N) is 1. The molecular formula is C27H28FN5O2. The number of fused-ring (bicyclic) bond motifs is 1. The first-order valence-electron chi connectivity index (χ1n) is 11.8. The fourth-order valence-electron chi connectivity index (χ4n) is 4.66. The van der Waals surface area contributed by atoms with Gasteiger partial charge in [0.1, 0.15) is 11.6 Å². The van der Waals surface area contributed by atoms with Crippen LogP contribution in [0.15, 0.2) is 54.9 Å². The summed E-state index contributed by atoms with van der Waals surface area (Å²) in [6, 6.07) is 11.8. The molecule has 2 aromatic carbocycles. The van der Waals surface area contributed by atoms with Gasteiger partial charge in [0.15, 0.2) is 0 Å². The van der Waals surface area contributed by atoms with E-state index in [9.17, 15) is 9.18 Å². The zero-order valence-electron chi connectivity index (χ0n) is 19.8. The third-order valence-electron chi connectivity index (χ3n) is 6.62. The molecule has 0 saturated heterocycles. The number of carbonyl (C=O) groups excluding carboxylic acids is 1. The van der Waals surface area contributed by atoms with Gasteiger partial charge in [-0.25, -0.2) is 4.39 Å². The number of hydrogen-bond acceptors (Lipinski definition) is 5. The van der Waals surface area contributed by atoms with Crippen LogP contribution in [0, 0.1) is 12.7 Å². The molecule has 35 heavy (non-hydrogen) atoms. The number of carbonyl (C=O) groups is 1. The van der Waals surface area contributed by atoms with E-state index in [4.69, 9.17) is 10.5 Å². The molecule has 1 aliphatic rings. The van der Waals surface area contributed by atoms with Crippen molar-refractivity contribution in [3.63, 3.8) is 0 Å². The van der Waals surface area contributed by atoms with Crippen molar-refractivity contribution in [1.29, 1.82) is 0 Å². The minimum absolute atomic E-state index is 0.0372. The second kappa shape index (κ2) is 9.46. The van der Waals surface area contributed by atoms with E-state index in [0.717, 1.165) is 40.6 Å². The number of aromatic amines is 1. The molecule has 4 aromatic rings. The molecule has 0 unspecified atom stereocenters. The zero-order chi connectivity index (χ0) is 24.5. The van der Waals surface area contributed by atoms with E-state index in [1.54, 1.807) is 30.6 Å². The van der Waals surface area contributed by atoms with E-state index < -0.39 is 0 Å². The monoisotopic (exact) mass is 473 g/mol. The van der Waals surface area contributed by atoms with E-state index in [1.165, 1.54) is 12.1 Å². The Morgan fingerprint density at radius 3 is 2.80 bits per heavy atom. The van der Waals surface area contributed by atoms with E-state index in [-0.39, 0.29) is 23.8 Å². The van der Waals surface area contributed by atoms with Gasteiger partial charge in [-0.05, 0) is 62.6 Å². The van der Waals surface area contributed by atoms with Crippen molar-refractivity contribution >= 4 is 16.8 Å². The number of amides is 1. The van der Waals surface area contributed by atoms with Crippen LogP contribution in [-0.2, 0) is 6.54 Å². The Hall–Kier alpha value is -3.78. The summed E-state index contributed by atoms with van der Waals surface area (Å²) < 4.78 is 19.7. The van der Waals surface area contributed by atoms with Gasteiger partial charge < -0.3 is 15.4 Å². The van der Waals surface area contributed by atoms with Crippen molar-refractivity contribution in [3.05, 3.63) is 77.5 Å². The summed E-state index contributed by atoms with van der Waals surface area (Å²) in [6.45, 7) is 4.63. The van der Waals surface area contributed by atoms with Crippen LogP contribution in [-0.4, -0.2) is 44.7 Å². The summed E-state index contributed by atoms with van der Waals surface area (Å²) in [4.78, 5) is 20.2. The maximum Gasteiger partial charge on any atom is 0.254 e. The molecule has 1 amide bonds. The number of aromatic nitrogens is 3. The third-order valence-corrected chi connectivity index (χ3v) is 6.62. The normalized spacial score (nSPS) is 17.3. The number of halogens is 1.